The van der Waals surface area contributed by atoms with Gasteiger partial charge in [-0.15, -0.1) is 0 Å². The molecule has 14 heteroatoms. The van der Waals surface area contributed by atoms with E-state index in [4.69, 9.17) is 16.3 Å². The molecule has 0 fully saturated rings. The average Bonchev–Trinajstić information content (AvgIpc) is 3.46. The highest BCUT2D eigenvalue weighted by Gasteiger charge is 2.45. The number of nitrogens with one attached hydrogen (secondary N) is 2. The Hall–Kier alpha value is -3.91. The second kappa shape index (κ2) is 11.9. The van der Waals surface area contributed by atoms with Crippen molar-refractivity contribution in [1.82, 2.24) is 19.6 Å². The summed E-state index contributed by atoms with van der Waals surface area (Å²) >= 11 is 6.09. The van der Waals surface area contributed by atoms with Gasteiger partial charge >= 0.3 is 6.18 Å². The number of benzene rings is 2. The van der Waals surface area contributed by atoms with E-state index in [0.29, 0.717) is 25.2 Å². The van der Waals surface area contributed by atoms with Crippen LogP contribution in [0.1, 0.15) is 46.9 Å². The molecular formula is C30H28ClF3N4O5S. The molecule has 5 rings (SSSR count). The number of carbonyl (C=O) groups is 1. The van der Waals surface area contributed by atoms with Crippen molar-refractivity contribution in [2.45, 2.75) is 49.2 Å². The molecule has 0 aliphatic carbocycles. The highest BCUT2D eigenvalue weighted by atomic mass is 35.5. The van der Waals surface area contributed by atoms with E-state index in [0.717, 1.165) is 10.1 Å². The normalized spacial score (nSPS) is 17.9. The first-order valence-electron chi connectivity index (χ1n) is 13.4. The average molecular weight is 649 g/mol. The van der Waals surface area contributed by atoms with Crippen molar-refractivity contribution >= 4 is 27.5 Å². The Bertz CT molecular complexity index is 1800. The lowest BCUT2D eigenvalue weighted by Crippen LogP contribution is -2.53. The van der Waals surface area contributed by atoms with Gasteiger partial charge in [0.05, 0.1) is 16.6 Å². The predicted molar refractivity (Wildman–Crippen MR) is 156 cm³/mol. The lowest BCUT2D eigenvalue weighted by molar-refractivity contribution is -0.137. The maximum atomic E-state index is 13.7. The van der Waals surface area contributed by atoms with Crippen LogP contribution < -0.4 is 14.8 Å². The number of sulfonamides is 1. The standard InChI is InChI=1S/C30H28ClF3N4O5S/c1-29(2)26(39)25(21-15-19(10-11-23(21)43-29)28(40)35-13-12-18-7-4-3-5-8-18)37-44(41,42)24-9-6-14-38(24)27-22(31)16-20(17-36-27)30(32,33)34/h3-11,14-17,25-26,37,39H,12-13H2,1-2H3,(H,35,40). The van der Waals surface area contributed by atoms with Crippen molar-refractivity contribution in [3.63, 3.8) is 0 Å². The molecule has 9 nitrogen and oxygen atoms in total. The van der Waals surface area contributed by atoms with Crippen LogP contribution in [0.5, 0.6) is 5.75 Å². The van der Waals surface area contributed by atoms with Crippen LogP contribution >= 0.6 is 11.6 Å². The molecule has 4 aromatic rings. The molecule has 2 aromatic carbocycles. The van der Waals surface area contributed by atoms with Crippen molar-refractivity contribution in [2.75, 3.05) is 6.54 Å². The Morgan fingerprint density at radius 1 is 1.11 bits per heavy atom. The third-order valence-electron chi connectivity index (χ3n) is 7.20. The van der Waals surface area contributed by atoms with Gasteiger partial charge in [0.1, 0.15) is 17.5 Å². The molecule has 0 saturated heterocycles. The topological polar surface area (TPSA) is 123 Å². The van der Waals surface area contributed by atoms with Crippen LogP contribution in [0.3, 0.4) is 0 Å². The van der Waals surface area contributed by atoms with E-state index in [-0.39, 0.29) is 27.7 Å². The molecule has 0 bridgehead atoms. The number of aliphatic hydroxyl groups is 1. The molecule has 232 valence electrons. The van der Waals surface area contributed by atoms with E-state index in [1.54, 1.807) is 19.9 Å². The summed E-state index contributed by atoms with van der Waals surface area (Å²) in [5.74, 6) is -0.383. The van der Waals surface area contributed by atoms with Crippen molar-refractivity contribution < 1.29 is 36.2 Å². The van der Waals surface area contributed by atoms with Crippen LogP contribution in [0.2, 0.25) is 5.02 Å². The first-order chi connectivity index (χ1) is 20.7. The zero-order chi connectivity index (χ0) is 31.9. The number of nitrogens with zero attached hydrogens (tertiary/aromatic N) is 2. The Morgan fingerprint density at radius 3 is 2.52 bits per heavy atom. The molecule has 0 radical (unpaired) electrons. The first kappa shape index (κ1) is 31.5. The highest BCUT2D eigenvalue weighted by molar-refractivity contribution is 7.89. The molecule has 1 amide bonds. The van der Waals surface area contributed by atoms with Crippen molar-refractivity contribution in [2.24, 2.45) is 0 Å². The Labute approximate surface area is 256 Å². The van der Waals surface area contributed by atoms with Crippen molar-refractivity contribution in [1.29, 1.82) is 0 Å². The molecule has 0 saturated carbocycles. The fourth-order valence-corrected chi connectivity index (χ4v) is 6.52. The minimum absolute atomic E-state index is 0.222. The van der Waals surface area contributed by atoms with Crippen LogP contribution in [-0.2, 0) is 22.6 Å². The van der Waals surface area contributed by atoms with E-state index in [9.17, 15) is 31.5 Å². The van der Waals surface area contributed by atoms with E-state index in [1.165, 1.54) is 30.5 Å². The lowest BCUT2D eigenvalue weighted by Gasteiger charge is -2.42. The summed E-state index contributed by atoms with van der Waals surface area (Å²) in [5.41, 5.74) is -0.838. The molecule has 3 heterocycles. The SMILES string of the molecule is CC1(C)Oc2ccc(C(=O)NCCc3ccccc3)cc2C(NS(=O)(=O)c2cccn2-c2ncc(C(F)(F)F)cc2Cl)C1O. The highest BCUT2D eigenvalue weighted by Crippen LogP contribution is 2.41. The molecule has 1 aliphatic rings. The van der Waals surface area contributed by atoms with Crippen LogP contribution in [0.25, 0.3) is 5.82 Å². The third kappa shape index (κ3) is 6.46. The minimum atomic E-state index is -4.70. The number of alkyl halides is 3. The summed E-state index contributed by atoms with van der Waals surface area (Å²) in [5, 5.41) is 13.3. The molecule has 1 aliphatic heterocycles. The zero-order valence-electron chi connectivity index (χ0n) is 23.5. The molecule has 3 N–H and O–H groups in total. The number of carbonyl (C=O) groups excluding carboxylic acids is 1. The second-order valence-corrected chi connectivity index (χ2v) is 12.8. The van der Waals surface area contributed by atoms with Crippen LogP contribution in [0.4, 0.5) is 13.2 Å². The molecule has 44 heavy (non-hydrogen) atoms. The predicted octanol–water partition coefficient (Wildman–Crippen LogP) is 5.07. The maximum Gasteiger partial charge on any atom is 0.417 e. The van der Waals surface area contributed by atoms with E-state index < -0.39 is 50.4 Å². The van der Waals surface area contributed by atoms with E-state index >= 15 is 0 Å². The quantitative estimate of drug-likeness (QED) is 0.245. The van der Waals surface area contributed by atoms with Gasteiger partial charge in [0.25, 0.3) is 15.9 Å². The van der Waals surface area contributed by atoms with Gasteiger partial charge in [0.15, 0.2) is 10.8 Å². The number of ether oxygens (including phenoxy) is 1. The van der Waals surface area contributed by atoms with Crippen LogP contribution in [-0.4, -0.2) is 47.2 Å². The van der Waals surface area contributed by atoms with Gasteiger partial charge in [-0.2, -0.15) is 17.9 Å². The smallest absolute Gasteiger partial charge is 0.417 e. The molecular weight excluding hydrogens is 621 g/mol. The molecule has 2 atom stereocenters. The van der Waals surface area contributed by atoms with Gasteiger partial charge in [-0.25, -0.2) is 13.4 Å². The number of hydrogen-bond donors (Lipinski definition) is 3. The molecule has 2 aromatic heterocycles. The maximum absolute atomic E-state index is 13.7. The molecule has 0 spiro atoms. The summed E-state index contributed by atoms with van der Waals surface area (Å²) in [4.78, 5) is 16.7. The first-order valence-corrected chi connectivity index (χ1v) is 15.3. The lowest BCUT2D eigenvalue weighted by atomic mass is 9.86. The van der Waals surface area contributed by atoms with E-state index in [1.807, 2.05) is 30.3 Å². The number of halogens is 4. The second-order valence-electron chi connectivity index (χ2n) is 10.7. The number of fused-ring (bicyclic) bond motifs is 1. The fourth-order valence-electron chi connectivity index (χ4n) is 4.89. The van der Waals surface area contributed by atoms with Gasteiger partial charge < -0.3 is 15.2 Å². The monoisotopic (exact) mass is 648 g/mol. The van der Waals surface area contributed by atoms with Crippen LogP contribution in [0.15, 0.2) is 84.1 Å². The summed E-state index contributed by atoms with van der Waals surface area (Å²) < 4.78 is 76.3. The van der Waals surface area contributed by atoms with Gasteiger partial charge in [-0.05, 0) is 62.2 Å². The number of hydrogen-bond acceptors (Lipinski definition) is 6. The van der Waals surface area contributed by atoms with Crippen molar-refractivity contribution in [3.05, 3.63) is 106 Å². The summed E-state index contributed by atoms with van der Waals surface area (Å²) in [6, 6.07) is 16.1. The summed E-state index contributed by atoms with van der Waals surface area (Å²) in [6.07, 6.45) is -3.66. The van der Waals surface area contributed by atoms with Gasteiger partial charge in [0, 0.05) is 30.1 Å². The van der Waals surface area contributed by atoms with Gasteiger partial charge in [-0.1, -0.05) is 41.9 Å². The van der Waals surface area contributed by atoms with Crippen molar-refractivity contribution in [3.8, 4) is 11.6 Å². The largest absolute Gasteiger partial charge is 0.485 e. The third-order valence-corrected chi connectivity index (χ3v) is 8.92. The van der Waals surface area contributed by atoms with Gasteiger partial charge in [0.2, 0.25) is 0 Å². The number of pyridine rings is 1. The Balaban J connectivity index is 1.43. The Kier molecular flexibility index (Phi) is 8.51. The number of amides is 1. The zero-order valence-corrected chi connectivity index (χ0v) is 25.0. The van der Waals surface area contributed by atoms with E-state index in [2.05, 4.69) is 15.0 Å². The summed E-state index contributed by atoms with van der Waals surface area (Å²) in [6.45, 7) is 3.53. The fraction of sp³-hybridized carbons (Fsp3) is 0.267. The number of rotatable bonds is 8. The van der Waals surface area contributed by atoms with Gasteiger partial charge in [-0.3, -0.25) is 9.36 Å². The minimum Gasteiger partial charge on any atom is -0.485 e. The Morgan fingerprint density at radius 2 is 1.84 bits per heavy atom. The summed E-state index contributed by atoms with van der Waals surface area (Å²) in [7, 11) is -4.48. The molecule has 2 unspecified atom stereocenters. The number of aliphatic hydroxyl groups excluding tert-OH is 1. The number of aromatic nitrogens is 2. The van der Waals surface area contributed by atoms with Crippen LogP contribution in [0, 0.1) is 0 Å².